The molecule has 1 atom stereocenters. The molecule has 0 aromatic carbocycles. The smallest absolute Gasteiger partial charge is 0.0410 e. The molecule has 0 N–H and O–H groups in total. The summed E-state index contributed by atoms with van der Waals surface area (Å²) in [5.41, 5.74) is 1.42. The van der Waals surface area contributed by atoms with Crippen molar-refractivity contribution < 1.29 is 0 Å². The summed E-state index contributed by atoms with van der Waals surface area (Å²) in [6.45, 7) is 4.55. The Morgan fingerprint density at radius 1 is 0.947 bits per heavy atom. The minimum atomic E-state index is 0.702. The molecule has 19 heavy (non-hydrogen) atoms. The lowest BCUT2D eigenvalue weighted by Gasteiger charge is -2.17. The van der Waals surface area contributed by atoms with Gasteiger partial charge in [-0.1, -0.05) is 58.8 Å². The number of unbranched alkanes of at least 4 members (excludes halogenated alkanes) is 5. The van der Waals surface area contributed by atoms with Gasteiger partial charge in [0, 0.05) is 16.9 Å². The van der Waals surface area contributed by atoms with E-state index in [-0.39, 0.29) is 0 Å². The van der Waals surface area contributed by atoms with Crippen molar-refractivity contribution in [1.82, 2.24) is 4.98 Å². The van der Waals surface area contributed by atoms with Crippen LogP contribution in [0.3, 0.4) is 0 Å². The maximum atomic E-state index is 4.33. The highest BCUT2D eigenvalue weighted by atomic mass is 79.9. The molecular weight excluding hydrogens is 298 g/mol. The molecule has 108 valence electrons. The topological polar surface area (TPSA) is 12.9 Å². The molecule has 2 heteroatoms. The van der Waals surface area contributed by atoms with Crippen LogP contribution in [-0.4, -0.2) is 4.98 Å². The first-order valence-electron chi connectivity index (χ1n) is 7.88. The molecule has 1 heterocycles. The van der Waals surface area contributed by atoms with Crippen LogP contribution in [0.2, 0.25) is 0 Å². The molecule has 0 spiro atoms. The second kappa shape index (κ2) is 10.4. The molecule has 1 rings (SSSR count). The molecule has 0 aliphatic heterocycles. The van der Waals surface area contributed by atoms with Crippen molar-refractivity contribution in [2.75, 3.05) is 0 Å². The monoisotopic (exact) mass is 325 g/mol. The lowest BCUT2D eigenvalue weighted by atomic mass is 9.89. The van der Waals surface area contributed by atoms with Gasteiger partial charge < -0.3 is 0 Å². The summed E-state index contributed by atoms with van der Waals surface area (Å²) < 4.78 is 1.11. The quantitative estimate of drug-likeness (QED) is 0.448. The van der Waals surface area contributed by atoms with E-state index in [1.807, 2.05) is 6.20 Å². The molecule has 0 saturated carbocycles. The van der Waals surface area contributed by atoms with Gasteiger partial charge in [0.1, 0.15) is 0 Å². The third kappa shape index (κ3) is 7.10. The highest BCUT2D eigenvalue weighted by Gasteiger charge is 2.11. The first-order chi connectivity index (χ1) is 9.27. The zero-order valence-corrected chi connectivity index (χ0v) is 14.1. The Morgan fingerprint density at radius 2 is 1.58 bits per heavy atom. The number of hydrogen-bond acceptors (Lipinski definition) is 1. The summed E-state index contributed by atoms with van der Waals surface area (Å²) in [6, 6.07) is 2.25. The summed E-state index contributed by atoms with van der Waals surface area (Å²) in [7, 11) is 0. The van der Waals surface area contributed by atoms with Gasteiger partial charge in [0.05, 0.1) is 0 Å². The van der Waals surface area contributed by atoms with Gasteiger partial charge >= 0.3 is 0 Å². The zero-order valence-electron chi connectivity index (χ0n) is 12.5. The average Bonchev–Trinajstić information content (AvgIpc) is 2.41. The number of hydrogen-bond donors (Lipinski definition) is 0. The molecule has 0 aliphatic rings. The highest BCUT2D eigenvalue weighted by molar-refractivity contribution is 9.10. The van der Waals surface area contributed by atoms with Crippen LogP contribution < -0.4 is 0 Å². The van der Waals surface area contributed by atoms with Gasteiger partial charge in [-0.05, 0) is 46.3 Å². The van der Waals surface area contributed by atoms with Crippen molar-refractivity contribution in [2.24, 2.45) is 0 Å². The van der Waals surface area contributed by atoms with Gasteiger partial charge in [-0.15, -0.1) is 0 Å². The Bertz CT molecular complexity index is 338. The van der Waals surface area contributed by atoms with Crippen molar-refractivity contribution in [3.05, 3.63) is 28.5 Å². The Kier molecular flexibility index (Phi) is 9.15. The molecule has 0 fully saturated rings. The van der Waals surface area contributed by atoms with Crippen molar-refractivity contribution in [3.8, 4) is 0 Å². The Labute approximate surface area is 127 Å². The second-order valence-corrected chi connectivity index (χ2v) is 6.39. The first kappa shape index (κ1) is 16.7. The molecule has 0 amide bonds. The minimum Gasteiger partial charge on any atom is -0.263 e. The fourth-order valence-corrected chi connectivity index (χ4v) is 2.97. The number of nitrogens with zero attached hydrogens (tertiary/aromatic N) is 1. The molecule has 1 unspecified atom stereocenters. The van der Waals surface area contributed by atoms with E-state index in [0.29, 0.717) is 5.92 Å². The lowest BCUT2D eigenvalue weighted by Crippen LogP contribution is -2.00. The molecular formula is C17H28BrN. The van der Waals surface area contributed by atoms with E-state index in [9.17, 15) is 0 Å². The molecule has 1 aromatic heterocycles. The molecule has 0 saturated heterocycles. The average molecular weight is 326 g/mol. The molecule has 0 aliphatic carbocycles. The number of halogens is 1. The maximum Gasteiger partial charge on any atom is 0.0410 e. The summed E-state index contributed by atoms with van der Waals surface area (Å²) in [4.78, 5) is 4.33. The van der Waals surface area contributed by atoms with Gasteiger partial charge in [0.2, 0.25) is 0 Å². The second-order valence-electron chi connectivity index (χ2n) is 5.48. The van der Waals surface area contributed by atoms with E-state index in [4.69, 9.17) is 0 Å². The van der Waals surface area contributed by atoms with E-state index in [1.54, 1.807) is 0 Å². The van der Waals surface area contributed by atoms with Gasteiger partial charge in [0.25, 0.3) is 0 Å². The van der Waals surface area contributed by atoms with Crippen LogP contribution in [0.4, 0.5) is 0 Å². The molecule has 0 bridgehead atoms. The number of pyridine rings is 1. The SMILES string of the molecule is CCCCCCC(CCCCC)c1cncc(Br)c1. The predicted molar refractivity (Wildman–Crippen MR) is 87.6 cm³/mol. The van der Waals surface area contributed by atoms with Gasteiger partial charge in [0.15, 0.2) is 0 Å². The molecule has 0 radical (unpaired) electrons. The predicted octanol–water partition coefficient (Wildman–Crippen LogP) is 6.48. The summed E-state index contributed by atoms with van der Waals surface area (Å²) in [5.74, 6) is 0.702. The van der Waals surface area contributed by atoms with E-state index < -0.39 is 0 Å². The first-order valence-corrected chi connectivity index (χ1v) is 8.67. The van der Waals surface area contributed by atoms with Gasteiger partial charge in [-0.25, -0.2) is 0 Å². The van der Waals surface area contributed by atoms with E-state index >= 15 is 0 Å². The fourth-order valence-electron chi connectivity index (χ4n) is 2.59. The van der Waals surface area contributed by atoms with Crippen molar-refractivity contribution in [3.63, 3.8) is 0 Å². The van der Waals surface area contributed by atoms with Crippen molar-refractivity contribution in [2.45, 2.75) is 77.6 Å². The highest BCUT2D eigenvalue weighted by Crippen LogP contribution is 2.29. The third-order valence-electron chi connectivity index (χ3n) is 3.76. The summed E-state index contributed by atoms with van der Waals surface area (Å²) >= 11 is 3.54. The van der Waals surface area contributed by atoms with Gasteiger partial charge in [-0.3, -0.25) is 4.98 Å². The lowest BCUT2D eigenvalue weighted by molar-refractivity contribution is 0.500. The fraction of sp³-hybridized carbons (Fsp3) is 0.706. The summed E-state index contributed by atoms with van der Waals surface area (Å²) in [5, 5.41) is 0. The third-order valence-corrected chi connectivity index (χ3v) is 4.19. The number of rotatable bonds is 10. The van der Waals surface area contributed by atoms with Crippen LogP contribution in [0.5, 0.6) is 0 Å². The van der Waals surface area contributed by atoms with Crippen molar-refractivity contribution in [1.29, 1.82) is 0 Å². The minimum absolute atomic E-state index is 0.702. The maximum absolute atomic E-state index is 4.33. The van der Waals surface area contributed by atoms with Gasteiger partial charge in [-0.2, -0.15) is 0 Å². The van der Waals surface area contributed by atoms with Crippen LogP contribution in [0.1, 0.15) is 83.1 Å². The molecule has 1 aromatic rings. The Morgan fingerprint density at radius 3 is 2.21 bits per heavy atom. The van der Waals surface area contributed by atoms with Crippen LogP contribution in [-0.2, 0) is 0 Å². The number of aromatic nitrogens is 1. The Hall–Kier alpha value is -0.370. The van der Waals surface area contributed by atoms with Crippen molar-refractivity contribution >= 4 is 15.9 Å². The van der Waals surface area contributed by atoms with E-state index in [1.165, 1.54) is 63.4 Å². The van der Waals surface area contributed by atoms with E-state index in [0.717, 1.165) is 4.47 Å². The van der Waals surface area contributed by atoms with Crippen LogP contribution in [0, 0.1) is 0 Å². The van der Waals surface area contributed by atoms with Crippen LogP contribution in [0.25, 0.3) is 0 Å². The van der Waals surface area contributed by atoms with Crippen LogP contribution in [0.15, 0.2) is 22.9 Å². The van der Waals surface area contributed by atoms with E-state index in [2.05, 4.69) is 47.0 Å². The zero-order chi connectivity index (χ0) is 13.9. The molecule has 1 nitrogen and oxygen atoms in total. The van der Waals surface area contributed by atoms with Crippen LogP contribution >= 0.6 is 15.9 Å². The Balaban J connectivity index is 2.52. The normalized spacial score (nSPS) is 12.6. The largest absolute Gasteiger partial charge is 0.263 e. The standard InChI is InChI=1S/C17H28BrN/c1-3-5-7-9-11-15(10-8-6-4-2)16-12-17(18)14-19-13-16/h12-15H,3-11H2,1-2H3. The summed E-state index contributed by atoms with van der Waals surface area (Å²) in [6.07, 6.45) is 16.0.